The largest absolute Gasteiger partial charge is 0.391 e. The standard InChI is InChI=1S/C28H35N5O4S/c1-16-10-18(22-17(2)31-15-38-22)6-7-19(16)12-30-24(35)21-11-20(34)13-33(21)25(36)23(27(3,4)5)32-26(37)28(14-29)8-9-28/h6-7,10,15,20-21,23,34H,8-9,11-13H2,1-5H3,(H,30,35)(H,32,37)/t20-,21+,23+/m1/s1. The fraction of sp³-hybridized carbons (Fsp3) is 0.536. The molecule has 10 heteroatoms. The van der Waals surface area contributed by atoms with E-state index in [-0.39, 0.29) is 25.4 Å². The third kappa shape index (κ3) is 5.59. The number of β-amino-alcohol motifs (C(OH)–C–C–N with tert-alkyl or cyclic N) is 1. The highest BCUT2D eigenvalue weighted by atomic mass is 32.1. The molecule has 0 bridgehead atoms. The number of nitrogens with zero attached hydrogens (tertiary/aromatic N) is 3. The van der Waals surface area contributed by atoms with E-state index in [1.54, 1.807) is 11.3 Å². The van der Waals surface area contributed by atoms with Crippen LogP contribution in [0.2, 0.25) is 0 Å². The number of carbonyl (C=O) groups excluding carboxylic acids is 3. The minimum atomic E-state index is -1.07. The van der Waals surface area contributed by atoms with Gasteiger partial charge in [0, 0.05) is 19.5 Å². The Kier molecular flexibility index (Phi) is 7.64. The lowest BCUT2D eigenvalue weighted by atomic mass is 9.85. The van der Waals surface area contributed by atoms with Gasteiger partial charge in [-0.05, 0) is 48.8 Å². The highest BCUT2D eigenvalue weighted by Gasteiger charge is 2.53. The second-order valence-electron chi connectivity index (χ2n) is 11.5. The van der Waals surface area contributed by atoms with Crippen LogP contribution in [0.1, 0.15) is 56.9 Å². The lowest BCUT2D eigenvalue weighted by molar-refractivity contribution is -0.144. The van der Waals surface area contributed by atoms with Crippen molar-refractivity contribution in [3.05, 3.63) is 40.5 Å². The van der Waals surface area contributed by atoms with Crippen LogP contribution in [0.5, 0.6) is 0 Å². The molecule has 3 atom stereocenters. The molecule has 2 fully saturated rings. The summed E-state index contributed by atoms with van der Waals surface area (Å²) in [5.74, 6) is -1.25. The average molecular weight is 538 g/mol. The zero-order valence-electron chi connectivity index (χ0n) is 22.5. The molecule has 1 aromatic carbocycles. The Bertz CT molecular complexity index is 1290. The molecule has 0 unspecified atom stereocenters. The molecule has 0 spiro atoms. The van der Waals surface area contributed by atoms with E-state index in [2.05, 4.69) is 27.8 Å². The van der Waals surface area contributed by atoms with Crippen molar-refractivity contribution < 1.29 is 19.5 Å². The van der Waals surface area contributed by atoms with Crippen molar-refractivity contribution in [2.24, 2.45) is 10.8 Å². The van der Waals surface area contributed by atoms with Crippen LogP contribution < -0.4 is 10.6 Å². The second-order valence-corrected chi connectivity index (χ2v) is 12.3. The highest BCUT2D eigenvalue weighted by molar-refractivity contribution is 7.13. The first kappa shape index (κ1) is 27.7. The van der Waals surface area contributed by atoms with Gasteiger partial charge in [0.1, 0.15) is 17.5 Å². The van der Waals surface area contributed by atoms with Crippen molar-refractivity contribution in [1.82, 2.24) is 20.5 Å². The molecule has 9 nitrogen and oxygen atoms in total. The number of hydrogen-bond acceptors (Lipinski definition) is 7. The Morgan fingerprint density at radius 1 is 1.29 bits per heavy atom. The van der Waals surface area contributed by atoms with E-state index in [0.717, 1.165) is 27.3 Å². The number of benzene rings is 1. The molecule has 38 heavy (non-hydrogen) atoms. The van der Waals surface area contributed by atoms with Crippen LogP contribution in [-0.4, -0.2) is 57.4 Å². The first-order valence-corrected chi connectivity index (χ1v) is 13.7. The summed E-state index contributed by atoms with van der Waals surface area (Å²) in [5.41, 5.74) is 4.11. The topological polar surface area (TPSA) is 135 Å². The molecule has 2 heterocycles. The van der Waals surface area contributed by atoms with Crippen molar-refractivity contribution in [2.75, 3.05) is 6.54 Å². The fourth-order valence-electron chi connectivity index (χ4n) is 4.82. The van der Waals surface area contributed by atoms with Gasteiger partial charge in [0.15, 0.2) is 0 Å². The smallest absolute Gasteiger partial charge is 0.246 e. The first-order chi connectivity index (χ1) is 17.9. The third-order valence-corrected chi connectivity index (χ3v) is 8.43. The highest BCUT2D eigenvalue weighted by Crippen LogP contribution is 2.45. The van der Waals surface area contributed by atoms with Crippen molar-refractivity contribution in [3.63, 3.8) is 0 Å². The van der Waals surface area contributed by atoms with Gasteiger partial charge < -0.3 is 20.6 Å². The summed E-state index contributed by atoms with van der Waals surface area (Å²) < 4.78 is 0. The van der Waals surface area contributed by atoms with Gasteiger partial charge in [-0.1, -0.05) is 39.0 Å². The predicted molar refractivity (Wildman–Crippen MR) is 144 cm³/mol. The summed E-state index contributed by atoms with van der Waals surface area (Å²) in [5, 5.41) is 25.5. The number of nitrogens with one attached hydrogen (secondary N) is 2. The fourth-order valence-corrected chi connectivity index (χ4v) is 5.62. The van der Waals surface area contributed by atoms with Crippen molar-refractivity contribution in [2.45, 2.75) is 78.6 Å². The number of thiazole rings is 1. The summed E-state index contributed by atoms with van der Waals surface area (Å²) in [6.07, 6.45) is 0.215. The molecule has 1 aromatic heterocycles. The lowest BCUT2D eigenvalue weighted by Crippen LogP contribution is -2.58. The third-order valence-electron chi connectivity index (χ3n) is 7.46. The lowest BCUT2D eigenvalue weighted by Gasteiger charge is -2.35. The Labute approximate surface area is 227 Å². The van der Waals surface area contributed by atoms with Crippen LogP contribution in [0.4, 0.5) is 0 Å². The maximum Gasteiger partial charge on any atom is 0.246 e. The Balaban J connectivity index is 1.45. The number of aliphatic hydroxyl groups is 1. The van der Waals surface area contributed by atoms with E-state index < -0.39 is 40.8 Å². The van der Waals surface area contributed by atoms with E-state index in [4.69, 9.17) is 0 Å². The zero-order chi connectivity index (χ0) is 27.8. The van der Waals surface area contributed by atoms with Crippen molar-refractivity contribution in [1.29, 1.82) is 5.26 Å². The zero-order valence-corrected chi connectivity index (χ0v) is 23.3. The molecular formula is C28H35N5O4S. The van der Waals surface area contributed by atoms with Gasteiger partial charge >= 0.3 is 0 Å². The maximum absolute atomic E-state index is 13.7. The first-order valence-electron chi connectivity index (χ1n) is 12.8. The molecule has 1 aliphatic heterocycles. The van der Waals surface area contributed by atoms with Gasteiger partial charge in [-0.25, -0.2) is 4.98 Å². The average Bonchev–Trinajstić information content (AvgIpc) is 3.40. The van der Waals surface area contributed by atoms with Crippen molar-refractivity contribution >= 4 is 29.1 Å². The van der Waals surface area contributed by atoms with E-state index in [1.165, 1.54) is 4.90 Å². The van der Waals surface area contributed by atoms with Crippen LogP contribution in [0.15, 0.2) is 23.7 Å². The number of rotatable bonds is 7. The van der Waals surface area contributed by atoms with Gasteiger partial charge in [0.2, 0.25) is 17.7 Å². The molecule has 0 radical (unpaired) electrons. The molecule has 1 saturated carbocycles. The Morgan fingerprint density at radius 3 is 2.55 bits per heavy atom. The monoisotopic (exact) mass is 537 g/mol. The van der Waals surface area contributed by atoms with Crippen molar-refractivity contribution in [3.8, 4) is 16.5 Å². The summed E-state index contributed by atoms with van der Waals surface area (Å²) in [4.78, 5) is 46.5. The number of aryl methyl sites for hydroxylation is 2. The number of amides is 3. The van der Waals surface area contributed by atoms with Crippen LogP contribution >= 0.6 is 11.3 Å². The molecule has 202 valence electrons. The summed E-state index contributed by atoms with van der Waals surface area (Å²) in [6, 6.07) is 6.32. The number of nitriles is 1. The van der Waals surface area contributed by atoms with Crippen LogP contribution in [0.25, 0.3) is 10.4 Å². The van der Waals surface area contributed by atoms with E-state index in [0.29, 0.717) is 12.8 Å². The SMILES string of the molecule is Cc1cc(-c2scnc2C)ccc1CNC(=O)[C@@H]1C[C@@H](O)CN1C(=O)[C@H](NC(=O)C1(C#N)CC1)C(C)(C)C. The quantitative estimate of drug-likeness (QED) is 0.497. The van der Waals surface area contributed by atoms with Gasteiger partial charge in [-0.2, -0.15) is 5.26 Å². The van der Waals surface area contributed by atoms with Crippen LogP contribution in [0, 0.1) is 36.0 Å². The van der Waals surface area contributed by atoms with E-state index in [9.17, 15) is 24.8 Å². The minimum Gasteiger partial charge on any atom is -0.391 e. The van der Waals surface area contributed by atoms with Gasteiger partial charge in [-0.3, -0.25) is 14.4 Å². The van der Waals surface area contributed by atoms with E-state index >= 15 is 0 Å². The summed E-state index contributed by atoms with van der Waals surface area (Å²) in [6.45, 7) is 9.72. The molecule has 2 aromatic rings. The Hall–Kier alpha value is -3.29. The second kappa shape index (κ2) is 10.5. The Morgan fingerprint density at radius 2 is 2.00 bits per heavy atom. The minimum absolute atomic E-state index is 0.00465. The van der Waals surface area contributed by atoms with Gasteiger partial charge in [0.25, 0.3) is 0 Å². The van der Waals surface area contributed by atoms with E-state index in [1.807, 2.05) is 52.3 Å². The normalized spacial score (nSPS) is 20.9. The molecule has 3 amide bonds. The number of likely N-dealkylation sites (tertiary alicyclic amines) is 1. The molecule has 4 rings (SSSR count). The molecule has 2 aliphatic rings. The maximum atomic E-state index is 13.7. The summed E-state index contributed by atoms with van der Waals surface area (Å²) in [7, 11) is 0. The number of carbonyl (C=O) groups is 3. The van der Waals surface area contributed by atoms with Crippen LogP contribution in [-0.2, 0) is 20.9 Å². The number of aromatic nitrogens is 1. The number of hydrogen-bond donors (Lipinski definition) is 3. The van der Waals surface area contributed by atoms with Crippen LogP contribution in [0.3, 0.4) is 0 Å². The molecule has 1 aliphatic carbocycles. The molecular weight excluding hydrogens is 502 g/mol. The summed E-state index contributed by atoms with van der Waals surface area (Å²) >= 11 is 1.58. The molecule has 3 N–H and O–H groups in total. The van der Waals surface area contributed by atoms with Gasteiger partial charge in [0.05, 0.1) is 28.3 Å². The number of aliphatic hydroxyl groups excluding tert-OH is 1. The predicted octanol–water partition coefficient (Wildman–Crippen LogP) is 2.84. The van der Waals surface area contributed by atoms with Gasteiger partial charge in [-0.15, -0.1) is 11.3 Å². The molecule has 1 saturated heterocycles.